The average molecular weight is 295 g/mol. The Morgan fingerprint density at radius 1 is 1.14 bits per heavy atom. The smallest absolute Gasteiger partial charge is 0.121 e. The molecule has 0 saturated carbocycles. The number of aliphatic hydroxyl groups is 1. The first kappa shape index (κ1) is 14.3. The Morgan fingerprint density at radius 3 is 2.68 bits per heavy atom. The molecule has 5 heteroatoms. The van der Waals surface area contributed by atoms with Crippen molar-refractivity contribution in [2.75, 3.05) is 7.11 Å². The molecule has 0 aliphatic heterocycles. The molecule has 0 saturated heterocycles. The largest absolute Gasteiger partial charge is 0.497 e. The van der Waals surface area contributed by atoms with E-state index in [0.29, 0.717) is 5.69 Å². The van der Waals surface area contributed by atoms with Crippen molar-refractivity contribution in [1.29, 1.82) is 0 Å². The highest BCUT2D eigenvalue weighted by molar-refractivity contribution is 5.67. The minimum Gasteiger partial charge on any atom is -0.497 e. The Kier molecular flexibility index (Phi) is 3.89. The Morgan fingerprint density at radius 2 is 1.95 bits per heavy atom. The molecule has 0 atom stereocenters. The molecule has 0 amide bonds. The van der Waals surface area contributed by atoms with Gasteiger partial charge in [0.25, 0.3) is 0 Å². The molecule has 0 fully saturated rings. The molecule has 112 valence electrons. The number of ether oxygens (including phenoxy) is 1. The molecule has 0 bridgehead atoms. The number of aryl methyl sites for hydroxylation is 1. The van der Waals surface area contributed by atoms with Crippen molar-refractivity contribution in [3.8, 4) is 22.7 Å². The number of rotatable bonds is 4. The van der Waals surface area contributed by atoms with Crippen LogP contribution in [0.3, 0.4) is 0 Å². The fraction of sp³-hybridized carbons (Fsp3) is 0.176. The fourth-order valence-electron chi connectivity index (χ4n) is 2.45. The average Bonchev–Trinajstić information content (AvgIpc) is 2.99. The SMILES string of the molecule is COc1cccc(-n2nnc(CO)c2-c2ccccc2C)c1. The molecular formula is C17H17N3O2. The maximum Gasteiger partial charge on any atom is 0.121 e. The van der Waals surface area contributed by atoms with E-state index in [-0.39, 0.29) is 6.61 Å². The van der Waals surface area contributed by atoms with Gasteiger partial charge in [0.1, 0.15) is 17.1 Å². The number of aliphatic hydroxyl groups excluding tert-OH is 1. The van der Waals surface area contributed by atoms with Gasteiger partial charge in [-0.3, -0.25) is 0 Å². The molecule has 22 heavy (non-hydrogen) atoms. The quantitative estimate of drug-likeness (QED) is 0.804. The highest BCUT2D eigenvalue weighted by Crippen LogP contribution is 2.29. The second kappa shape index (κ2) is 5.99. The van der Waals surface area contributed by atoms with Crippen LogP contribution in [0.2, 0.25) is 0 Å². The van der Waals surface area contributed by atoms with Crippen molar-refractivity contribution in [2.24, 2.45) is 0 Å². The van der Waals surface area contributed by atoms with Crippen LogP contribution in [-0.2, 0) is 6.61 Å². The zero-order chi connectivity index (χ0) is 15.5. The van der Waals surface area contributed by atoms with E-state index in [1.165, 1.54) is 0 Å². The lowest BCUT2D eigenvalue weighted by Crippen LogP contribution is -2.01. The molecule has 5 nitrogen and oxygen atoms in total. The molecule has 1 aromatic heterocycles. The van der Waals surface area contributed by atoms with Gasteiger partial charge in [-0.25, -0.2) is 4.68 Å². The molecule has 0 radical (unpaired) electrons. The monoisotopic (exact) mass is 295 g/mol. The van der Waals surface area contributed by atoms with Gasteiger partial charge in [0.05, 0.1) is 19.4 Å². The molecular weight excluding hydrogens is 278 g/mol. The van der Waals surface area contributed by atoms with Crippen LogP contribution in [0.4, 0.5) is 0 Å². The maximum absolute atomic E-state index is 9.59. The first-order valence-electron chi connectivity index (χ1n) is 7.00. The number of hydrogen-bond donors (Lipinski definition) is 1. The highest BCUT2D eigenvalue weighted by Gasteiger charge is 2.17. The molecule has 0 aliphatic rings. The molecule has 0 unspecified atom stereocenters. The number of aromatic nitrogens is 3. The van der Waals surface area contributed by atoms with Crippen LogP contribution in [0, 0.1) is 6.92 Å². The number of benzene rings is 2. The summed E-state index contributed by atoms with van der Waals surface area (Å²) >= 11 is 0. The van der Waals surface area contributed by atoms with Gasteiger partial charge in [-0.15, -0.1) is 5.10 Å². The van der Waals surface area contributed by atoms with Gasteiger partial charge in [0, 0.05) is 11.6 Å². The first-order valence-corrected chi connectivity index (χ1v) is 7.00. The van der Waals surface area contributed by atoms with Crippen molar-refractivity contribution in [3.63, 3.8) is 0 Å². The molecule has 3 aromatic rings. The van der Waals surface area contributed by atoms with E-state index >= 15 is 0 Å². The second-order valence-corrected chi connectivity index (χ2v) is 4.97. The van der Waals surface area contributed by atoms with Crippen molar-refractivity contribution in [3.05, 3.63) is 59.8 Å². The van der Waals surface area contributed by atoms with E-state index in [1.54, 1.807) is 11.8 Å². The summed E-state index contributed by atoms with van der Waals surface area (Å²) < 4.78 is 7.00. The van der Waals surface area contributed by atoms with Gasteiger partial charge in [-0.05, 0) is 24.6 Å². The lowest BCUT2D eigenvalue weighted by Gasteiger charge is -2.11. The van der Waals surface area contributed by atoms with Gasteiger partial charge in [0.2, 0.25) is 0 Å². The maximum atomic E-state index is 9.59. The van der Waals surface area contributed by atoms with Gasteiger partial charge in [-0.2, -0.15) is 0 Å². The predicted molar refractivity (Wildman–Crippen MR) is 84.0 cm³/mol. The second-order valence-electron chi connectivity index (χ2n) is 4.97. The standard InChI is InChI=1S/C17H17N3O2/c1-12-6-3-4-9-15(12)17-16(11-21)18-19-20(17)13-7-5-8-14(10-13)22-2/h3-10,21H,11H2,1-2H3. The summed E-state index contributed by atoms with van der Waals surface area (Å²) in [5.74, 6) is 0.745. The summed E-state index contributed by atoms with van der Waals surface area (Å²) in [5.41, 5.74) is 4.29. The van der Waals surface area contributed by atoms with E-state index in [1.807, 2.05) is 55.5 Å². The summed E-state index contributed by atoms with van der Waals surface area (Å²) in [4.78, 5) is 0. The van der Waals surface area contributed by atoms with E-state index in [9.17, 15) is 5.11 Å². The van der Waals surface area contributed by atoms with Gasteiger partial charge in [-0.1, -0.05) is 35.5 Å². The lowest BCUT2D eigenvalue weighted by atomic mass is 10.0. The zero-order valence-corrected chi connectivity index (χ0v) is 12.5. The van der Waals surface area contributed by atoms with E-state index < -0.39 is 0 Å². The van der Waals surface area contributed by atoms with Crippen LogP contribution in [0.5, 0.6) is 5.75 Å². The van der Waals surface area contributed by atoms with Crippen LogP contribution in [0.1, 0.15) is 11.3 Å². The highest BCUT2D eigenvalue weighted by atomic mass is 16.5. The minimum absolute atomic E-state index is 0.159. The summed E-state index contributed by atoms with van der Waals surface area (Å²) in [6.45, 7) is 1.87. The van der Waals surface area contributed by atoms with E-state index in [0.717, 1.165) is 28.3 Å². The Bertz CT molecular complexity index is 796. The summed E-state index contributed by atoms with van der Waals surface area (Å²) in [7, 11) is 1.63. The van der Waals surface area contributed by atoms with Crippen LogP contribution >= 0.6 is 0 Å². The predicted octanol–water partition coefficient (Wildman–Crippen LogP) is 2.74. The van der Waals surface area contributed by atoms with Gasteiger partial charge < -0.3 is 9.84 Å². The van der Waals surface area contributed by atoms with Crippen LogP contribution in [0.15, 0.2) is 48.5 Å². The first-order chi connectivity index (χ1) is 10.7. The fourth-order valence-corrected chi connectivity index (χ4v) is 2.45. The van der Waals surface area contributed by atoms with E-state index in [2.05, 4.69) is 10.3 Å². The summed E-state index contributed by atoms with van der Waals surface area (Å²) in [6, 6.07) is 15.6. The summed E-state index contributed by atoms with van der Waals surface area (Å²) in [5, 5.41) is 17.9. The Hall–Kier alpha value is -2.66. The third kappa shape index (κ3) is 2.46. The molecule has 3 rings (SSSR count). The number of nitrogens with zero attached hydrogens (tertiary/aromatic N) is 3. The molecule has 0 spiro atoms. The third-order valence-corrected chi connectivity index (χ3v) is 3.59. The molecule has 0 aliphatic carbocycles. The van der Waals surface area contributed by atoms with Crippen LogP contribution in [-0.4, -0.2) is 27.2 Å². The van der Waals surface area contributed by atoms with Crippen molar-refractivity contribution in [2.45, 2.75) is 13.5 Å². The summed E-state index contributed by atoms with van der Waals surface area (Å²) in [6.07, 6.45) is 0. The third-order valence-electron chi connectivity index (χ3n) is 3.59. The Balaban J connectivity index is 2.21. The van der Waals surface area contributed by atoms with Crippen molar-refractivity contribution < 1.29 is 9.84 Å². The molecule has 2 aromatic carbocycles. The zero-order valence-electron chi connectivity index (χ0n) is 12.5. The van der Waals surface area contributed by atoms with Crippen molar-refractivity contribution in [1.82, 2.24) is 15.0 Å². The molecule has 1 heterocycles. The van der Waals surface area contributed by atoms with Gasteiger partial charge in [0.15, 0.2) is 0 Å². The van der Waals surface area contributed by atoms with Crippen LogP contribution < -0.4 is 4.74 Å². The normalized spacial score (nSPS) is 10.7. The topological polar surface area (TPSA) is 60.2 Å². The van der Waals surface area contributed by atoms with E-state index in [4.69, 9.17) is 4.74 Å². The van der Waals surface area contributed by atoms with Gasteiger partial charge >= 0.3 is 0 Å². The number of hydrogen-bond acceptors (Lipinski definition) is 4. The Labute approximate surface area is 128 Å². The molecule has 1 N–H and O–H groups in total. The minimum atomic E-state index is -0.159. The van der Waals surface area contributed by atoms with Crippen LogP contribution in [0.25, 0.3) is 16.9 Å². The number of methoxy groups -OCH3 is 1. The van der Waals surface area contributed by atoms with Crippen molar-refractivity contribution >= 4 is 0 Å². The lowest BCUT2D eigenvalue weighted by molar-refractivity contribution is 0.277.